The molecule has 0 unspecified atom stereocenters. The summed E-state index contributed by atoms with van der Waals surface area (Å²) in [5, 5.41) is 0. The van der Waals surface area contributed by atoms with Gasteiger partial charge in [0.05, 0.1) is 6.26 Å². The van der Waals surface area contributed by atoms with Crippen molar-refractivity contribution in [1.82, 2.24) is 4.98 Å². The maximum Gasteiger partial charge on any atom is 0.409 e. The van der Waals surface area contributed by atoms with Crippen molar-refractivity contribution in [1.29, 1.82) is 0 Å². The van der Waals surface area contributed by atoms with Crippen molar-refractivity contribution in [3.63, 3.8) is 0 Å². The standard InChI is InChI=1S/C8H8N2O2/c9-8(11)12-5-3-7-2-1-4-10-6-7/h1-6H,(H2,9,11)/b5-3+. The van der Waals surface area contributed by atoms with Crippen LogP contribution in [0, 0.1) is 0 Å². The summed E-state index contributed by atoms with van der Waals surface area (Å²) in [5.41, 5.74) is 5.57. The number of carbonyl (C=O) groups excluding carboxylic acids is 1. The molecule has 0 radical (unpaired) electrons. The van der Waals surface area contributed by atoms with Gasteiger partial charge >= 0.3 is 6.09 Å². The summed E-state index contributed by atoms with van der Waals surface area (Å²) in [5.74, 6) is 0. The highest BCUT2D eigenvalue weighted by atomic mass is 16.5. The molecule has 1 heterocycles. The summed E-state index contributed by atoms with van der Waals surface area (Å²) in [4.78, 5) is 14.0. The van der Waals surface area contributed by atoms with Gasteiger partial charge in [0.25, 0.3) is 0 Å². The molecule has 0 aliphatic heterocycles. The average Bonchev–Trinajstić information content (AvgIpc) is 2.05. The summed E-state index contributed by atoms with van der Waals surface area (Å²) in [7, 11) is 0. The smallest absolute Gasteiger partial charge is 0.409 e. The average molecular weight is 164 g/mol. The molecule has 1 rings (SSSR count). The first-order chi connectivity index (χ1) is 5.79. The zero-order valence-corrected chi connectivity index (χ0v) is 6.31. The molecular weight excluding hydrogens is 156 g/mol. The molecule has 62 valence electrons. The molecule has 0 saturated carbocycles. The molecule has 0 aliphatic carbocycles. The van der Waals surface area contributed by atoms with E-state index in [1.54, 1.807) is 24.5 Å². The van der Waals surface area contributed by atoms with Crippen LogP contribution in [0.5, 0.6) is 0 Å². The third-order valence-corrected chi connectivity index (χ3v) is 1.13. The van der Waals surface area contributed by atoms with E-state index in [1.807, 2.05) is 6.07 Å². The lowest BCUT2D eigenvalue weighted by Gasteiger charge is -1.91. The maximum atomic E-state index is 10.1. The van der Waals surface area contributed by atoms with E-state index in [1.165, 1.54) is 6.26 Å². The van der Waals surface area contributed by atoms with Gasteiger partial charge in [-0.3, -0.25) is 4.98 Å². The van der Waals surface area contributed by atoms with Crippen molar-refractivity contribution in [2.75, 3.05) is 0 Å². The number of rotatable bonds is 2. The van der Waals surface area contributed by atoms with Gasteiger partial charge in [0.2, 0.25) is 0 Å². The van der Waals surface area contributed by atoms with E-state index < -0.39 is 6.09 Å². The quantitative estimate of drug-likeness (QED) is 0.666. The van der Waals surface area contributed by atoms with Gasteiger partial charge in [-0.15, -0.1) is 0 Å². The highest BCUT2D eigenvalue weighted by Gasteiger charge is 1.86. The van der Waals surface area contributed by atoms with Crippen LogP contribution in [0.2, 0.25) is 0 Å². The molecule has 1 aromatic heterocycles. The third kappa shape index (κ3) is 2.83. The topological polar surface area (TPSA) is 65.2 Å². The molecule has 2 N–H and O–H groups in total. The highest BCUT2D eigenvalue weighted by Crippen LogP contribution is 1.97. The van der Waals surface area contributed by atoms with Crippen LogP contribution in [0.4, 0.5) is 4.79 Å². The largest absolute Gasteiger partial charge is 0.418 e. The molecule has 4 heteroatoms. The van der Waals surface area contributed by atoms with Crippen molar-refractivity contribution in [3.05, 3.63) is 36.4 Å². The van der Waals surface area contributed by atoms with Gasteiger partial charge in [-0.25, -0.2) is 4.79 Å². The van der Waals surface area contributed by atoms with Gasteiger partial charge in [0.1, 0.15) is 0 Å². The summed E-state index contributed by atoms with van der Waals surface area (Å²) >= 11 is 0. The fourth-order valence-electron chi connectivity index (χ4n) is 0.654. The monoisotopic (exact) mass is 164 g/mol. The lowest BCUT2D eigenvalue weighted by Crippen LogP contribution is -2.08. The van der Waals surface area contributed by atoms with E-state index in [0.29, 0.717) is 0 Å². The maximum absolute atomic E-state index is 10.1. The first kappa shape index (κ1) is 8.26. The Morgan fingerprint density at radius 3 is 3.08 bits per heavy atom. The predicted molar refractivity (Wildman–Crippen MR) is 43.9 cm³/mol. The number of hydrogen-bond donors (Lipinski definition) is 1. The number of ether oxygens (including phenoxy) is 1. The van der Waals surface area contributed by atoms with Crippen LogP contribution < -0.4 is 5.73 Å². The minimum atomic E-state index is -0.824. The first-order valence-corrected chi connectivity index (χ1v) is 3.32. The number of carbonyl (C=O) groups is 1. The highest BCUT2D eigenvalue weighted by molar-refractivity contribution is 5.66. The number of hydrogen-bond acceptors (Lipinski definition) is 3. The zero-order chi connectivity index (χ0) is 8.81. The lowest BCUT2D eigenvalue weighted by atomic mass is 10.3. The van der Waals surface area contributed by atoms with Crippen molar-refractivity contribution >= 4 is 12.2 Å². The fourth-order valence-corrected chi connectivity index (χ4v) is 0.654. The number of nitrogens with two attached hydrogens (primary N) is 1. The van der Waals surface area contributed by atoms with Crippen molar-refractivity contribution in [3.8, 4) is 0 Å². The molecular formula is C8H8N2O2. The Labute approximate surface area is 69.7 Å². The van der Waals surface area contributed by atoms with Crippen LogP contribution >= 0.6 is 0 Å². The summed E-state index contributed by atoms with van der Waals surface area (Å²) in [6.45, 7) is 0. The Hall–Kier alpha value is -1.84. The molecule has 0 bridgehead atoms. The normalized spacial score (nSPS) is 10.0. The number of primary amides is 1. The van der Waals surface area contributed by atoms with Crippen LogP contribution in [0.15, 0.2) is 30.8 Å². The van der Waals surface area contributed by atoms with E-state index in [4.69, 9.17) is 5.73 Å². The van der Waals surface area contributed by atoms with Crippen LogP contribution in [0.3, 0.4) is 0 Å². The van der Waals surface area contributed by atoms with Gasteiger partial charge in [-0.1, -0.05) is 6.07 Å². The molecule has 4 nitrogen and oxygen atoms in total. The minimum Gasteiger partial charge on any atom is -0.418 e. The Balaban J connectivity index is 2.52. The summed E-state index contributed by atoms with van der Waals surface area (Å²) in [6.07, 6.45) is 5.29. The van der Waals surface area contributed by atoms with Crippen LogP contribution in [-0.2, 0) is 4.74 Å². The molecule has 0 saturated heterocycles. The SMILES string of the molecule is NC(=O)O/C=C/c1cccnc1. The Bertz CT molecular complexity index is 282. The van der Waals surface area contributed by atoms with E-state index in [0.717, 1.165) is 5.56 Å². The zero-order valence-electron chi connectivity index (χ0n) is 6.31. The second-order valence-electron chi connectivity index (χ2n) is 2.03. The van der Waals surface area contributed by atoms with E-state index >= 15 is 0 Å². The third-order valence-electron chi connectivity index (χ3n) is 1.13. The lowest BCUT2D eigenvalue weighted by molar-refractivity contribution is 0.197. The van der Waals surface area contributed by atoms with Crippen molar-refractivity contribution < 1.29 is 9.53 Å². The molecule has 0 spiro atoms. The van der Waals surface area contributed by atoms with Gasteiger partial charge in [-0.2, -0.15) is 0 Å². The molecule has 0 aliphatic rings. The molecule has 0 fully saturated rings. The van der Waals surface area contributed by atoms with Crippen LogP contribution in [-0.4, -0.2) is 11.1 Å². The summed E-state index contributed by atoms with van der Waals surface area (Å²) < 4.78 is 4.38. The predicted octanol–water partition coefficient (Wildman–Crippen LogP) is 1.15. The minimum absolute atomic E-state index is 0.824. The fraction of sp³-hybridized carbons (Fsp3) is 0. The first-order valence-electron chi connectivity index (χ1n) is 3.32. The number of pyridine rings is 1. The van der Waals surface area contributed by atoms with E-state index in [-0.39, 0.29) is 0 Å². The van der Waals surface area contributed by atoms with Crippen LogP contribution in [0.1, 0.15) is 5.56 Å². The molecule has 1 amide bonds. The number of aromatic nitrogens is 1. The Kier molecular flexibility index (Phi) is 2.84. The molecule has 0 aromatic carbocycles. The Morgan fingerprint density at radius 2 is 2.50 bits per heavy atom. The van der Waals surface area contributed by atoms with Gasteiger partial charge < -0.3 is 10.5 Å². The van der Waals surface area contributed by atoms with Crippen molar-refractivity contribution in [2.45, 2.75) is 0 Å². The number of amides is 1. The van der Waals surface area contributed by atoms with Gasteiger partial charge in [-0.05, 0) is 17.7 Å². The van der Waals surface area contributed by atoms with Crippen LogP contribution in [0.25, 0.3) is 6.08 Å². The second kappa shape index (κ2) is 4.12. The van der Waals surface area contributed by atoms with E-state index in [9.17, 15) is 4.79 Å². The van der Waals surface area contributed by atoms with Gasteiger partial charge in [0.15, 0.2) is 0 Å². The molecule has 0 atom stereocenters. The summed E-state index contributed by atoms with van der Waals surface area (Å²) in [6, 6.07) is 3.61. The molecule has 1 aromatic rings. The van der Waals surface area contributed by atoms with E-state index in [2.05, 4.69) is 9.72 Å². The Morgan fingerprint density at radius 1 is 1.67 bits per heavy atom. The molecule has 12 heavy (non-hydrogen) atoms. The second-order valence-corrected chi connectivity index (χ2v) is 2.03. The van der Waals surface area contributed by atoms with Gasteiger partial charge in [0, 0.05) is 12.4 Å². The van der Waals surface area contributed by atoms with Crippen molar-refractivity contribution in [2.24, 2.45) is 5.73 Å². The number of nitrogens with zero attached hydrogens (tertiary/aromatic N) is 1.